The molecule has 2 aromatic rings. The maximum atomic E-state index is 12.1. The molecule has 0 saturated carbocycles. The number of para-hydroxylation sites is 2. The van der Waals surface area contributed by atoms with Gasteiger partial charge in [0.25, 0.3) is 5.69 Å². The molecule has 2 aromatic carbocycles. The second kappa shape index (κ2) is 10.6. The molecule has 0 heterocycles. The van der Waals surface area contributed by atoms with E-state index < -0.39 is 22.8 Å². The van der Waals surface area contributed by atoms with Gasteiger partial charge in [0.05, 0.1) is 22.1 Å². The van der Waals surface area contributed by atoms with Crippen molar-refractivity contribution in [1.29, 1.82) is 0 Å². The monoisotopic (exact) mass is 440 g/mol. The Labute approximate surface area is 176 Å². The molecule has 0 radical (unpaired) electrons. The van der Waals surface area contributed by atoms with E-state index in [9.17, 15) is 24.8 Å². The summed E-state index contributed by atoms with van der Waals surface area (Å²) < 4.78 is 0. The van der Waals surface area contributed by atoms with Gasteiger partial charge in [0.2, 0.25) is 5.91 Å². The Balaban J connectivity index is 1.86. The lowest BCUT2D eigenvalue weighted by Crippen LogP contribution is -2.41. The van der Waals surface area contributed by atoms with E-state index in [4.69, 9.17) is 23.2 Å². The molecule has 2 rings (SSSR count). The van der Waals surface area contributed by atoms with Gasteiger partial charge in [-0.1, -0.05) is 35.3 Å². The van der Waals surface area contributed by atoms with Crippen molar-refractivity contribution in [1.82, 2.24) is 5.32 Å². The number of halogens is 2. The number of carboxylic acids is 1. The van der Waals surface area contributed by atoms with Gasteiger partial charge in [-0.05, 0) is 24.3 Å². The molecule has 154 valence electrons. The third-order valence-corrected chi connectivity index (χ3v) is 4.37. The van der Waals surface area contributed by atoms with Gasteiger partial charge in [0.1, 0.15) is 11.7 Å². The molecule has 0 bridgehead atoms. The molecule has 0 aliphatic carbocycles. The average molecular weight is 441 g/mol. The number of carbonyl (C=O) groups excluding carboxylic acids is 1. The van der Waals surface area contributed by atoms with E-state index in [-0.39, 0.29) is 30.2 Å². The van der Waals surface area contributed by atoms with Crippen LogP contribution in [0.1, 0.15) is 6.42 Å². The van der Waals surface area contributed by atoms with E-state index in [0.29, 0.717) is 16.4 Å². The molecule has 4 N–H and O–H groups in total. The smallest absolute Gasteiger partial charge is 0.321 e. The first-order valence-corrected chi connectivity index (χ1v) is 9.22. The van der Waals surface area contributed by atoms with E-state index >= 15 is 0 Å². The zero-order valence-corrected chi connectivity index (χ0v) is 16.5. The number of anilines is 2. The van der Waals surface area contributed by atoms with Crippen molar-refractivity contribution in [2.75, 3.05) is 23.7 Å². The predicted molar refractivity (Wildman–Crippen MR) is 111 cm³/mol. The number of carbonyl (C=O) groups is 2. The Morgan fingerprint density at radius 2 is 1.83 bits per heavy atom. The second-order valence-electron chi connectivity index (χ2n) is 5.92. The van der Waals surface area contributed by atoms with E-state index in [1.54, 1.807) is 24.3 Å². The fourth-order valence-electron chi connectivity index (χ4n) is 2.45. The average Bonchev–Trinajstić information content (AvgIpc) is 2.66. The number of benzene rings is 2. The molecule has 0 fully saturated rings. The van der Waals surface area contributed by atoms with Crippen molar-refractivity contribution in [3.05, 3.63) is 62.6 Å². The lowest BCUT2D eigenvalue weighted by Gasteiger charge is -2.15. The second-order valence-corrected chi connectivity index (χ2v) is 6.77. The minimum absolute atomic E-state index is 0.0819. The van der Waals surface area contributed by atoms with Crippen LogP contribution in [0.15, 0.2) is 42.5 Å². The summed E-state index contributed by atoms with van der Waals surface area (Å²) in [6.07, 6.45) is -0.334. The summed E-state index contributed by atoms with van der Waals surface area (Å²) in [5, 5.41) is 29.1. The van der Waals surface area contributed by atoms with Gasteiger partial charge < -0.3 is 21.1 Å². The fraction of sp³-hybridized carbons (Fsp3) is 0.222. The normalized spacial score (nSPS) is 11.5. The Morgan fingerprint density at radius 3 is 2.48 bits per heavy atom. The first-order valence-electron chi connectivity index (χ1n) is 8.46. The van der Waals surface area contributed by atoms with Crippen LogP contribution in [0.5, 0.6) is 0 Å². The van der Waals surface area contributed by atoms with Crippen molar-refractivity contribution in [3.63, 3.8) is 0 Å². The lowest BCUT2D eigenvalue weighted by molar-refractivity contribution is -0.384. The summed E-state index contributed by atoms with van der Waals surface area (Å²) in [6.45, 7) is 0.386. The number of aliphatic carboxylic acids is 1. The molecule has 1 amide bonds. The maximum Gasteiger partial charge on any atom is 0.321 e. The fourth-order valence-corrected chi connectivity index (χ4v) is 2.91. The van der Waals surface area contributed by atoms with Gasteiger partial charge in [0, 0.05) is 24.2 Å². The summed E-state index contributed by atoms with van der Waals surface area (Å²) in [5.74, 6) is -1.74. The minimum Gasteiger partial charge on any atom is -0.480 e. The van der Waals surface area contributed by atoms with Crippen molar-refractivity contribution in [2.45, 2.75) is 12.5 Å². The van der Waals surface area contributed by atoms with Gasteiger partial charge in [0.15, 0.2) is 0 Å². The Hall–Kier alpha value is -2.88. The number of hydrogen-bond donors (Lipinski definition) is 4. The highest BCUT2D eigenvalue weighted by Crippen LogP contribution is 2.25. The highest BCUT2D eigenvalue weighted by Gasteiger charge is 2.21. The van der Waals surface area contributed by atoms with Crippen molar-refractivity contribution in [2.24, 2.45) is 0 Å². The van der Waals surface area contributed by atoms with E-state index in [0.717, 1.165) is 0 Å². The Bertz CT molecular complexity index is 910. The van der Waals surface area contributed by atoms with Crippen LogP contribution in [0.2, 0.25) is 10.0 Å². The van der Waals surface area contributed by atoms with Crippen LogP contribution in [0.25, 0.3) is 0 Å². The zero-order chi connectivity index (χ0) is 21.4. The van der Waals surface area contributed by atoms with E-state index in [1.165, 1.54) is 18.2 Å². The number of carboxylic acid groups (broad SMARTS) is 1. The summed E-state index contributed by atoms with van der Waals surface area (Å²) >= 11 is 11.8. The molecule has 0 aromatic heterocycles. The Morgan fingerprint density at radius 1 is 1.10 bits per heavy atom. The number of nitro groups is 1. The third kappa shape index (κ3) is 6.90. The van der Waals surface area contributed by atoms with Crippen LogP contribution in [0.4, 0.5) is 17.1 Å². The van der Waals surface area contributed by atoms with Crippen LogP contribution in [0.3, 0.4) is 0 Å². The predicted octanol–water partition coefficient (Wildman–Crippen LogP) is 3.39. The molecule has 0 aliphatic rings. The molecule has 1 unspecified atom stereocenters. The zero-order valence-electron chi connectivity index (χ0n) is 15.0. The number of rotatable bonds is 10. The maximum absolute atomic E-state index is 12.1. The minimum atomic E-state index is -1.20. The molecule has 0 saturated heterocycles. The quantitative estimate of drug-likeness (QED) is 0.252. The first-order chi connectivity index (χ1) is 13.8. The SMILES string of the molecule is O=C(CC(NCCNc1ccccc1[N+](=O)[O-])C(=O)O)Nc1ccc(Cl)cc1Cl. The molecule has 11 heteroatoms. The van der Waals surface area contributed by atoms with Gasteiger partial charge in [-0.2, -0.15) is 0 Å². The van der Waals surface area contributed by atoms with Crippen LogP contribution in [-0.4, -0.2) is 41.0 Å². The number of nitrogens with one attached hydrogen (secondary N) is 3. The highest BCUT2D eigenvalue weighted by atomic mass is 35.5. The molecule has 1 atom stereocenters. The van der Waals surface area contributed by atoms with Gasteiger partial charge in [-0.3, -0.25) is 19.7 Å². The van der Waals surface area contributed by atoms with Gasteiger partial charge >= 0.3 is 5.97 Å². The van der Waals surface area contributed by atoms with Crippen LogP contribution in [-0.2, 0) is 9.59 Å². The molecule has 29 heavy (non-hydrogen) atoms. The summed E-state index contributed by atoms with van der Waals surface area (Å²) in [7, 11) is 0. The topological polar surface area (TPSA) is 134 Å². The van der Waals surface area contributed by atoms with E-state index in [1.807, 2.05) is 0 Å². The largest absolute Gasteiger partial charge is 0.480 e. The number of nitrogens with zero attached hydrogens (tertiary/aromatic N) is 1. The number of nitro benzene ring substituents is 1. The summed E-state index contributed by atoms with van der Waals surface area (Å²) in [4.78, 5) is 34.0. The Kier molecular flexibility index (Phi) is 8.20. The molecule has 0 aliphatic heterocycles. The molecule has 9 nitrogen and oxygen atoms in total. The standard InChI is InChI=1S/C18H18Cl2N4O5/c19-11-5-6-13(12(20)9-11)23-17(25)10-15(18(26)27)22-8-7-21-14-3-1-2-4-16(14)24(28)29/h1-6,9,15,21-22H,7-8,10H2,(H,23,25)(H,26,27). The van der Waals surface area contributed by atoms with Crippen molar-refractivity contribution in [3.8, 4) is 0 Å². The molecule has 0 spiro atoms. The van der Waals surface area contributed by atoms with Crippen LogP contribution >= 0.6 is 23.2 Å². The van der Waals surface area contributed by atoms with Crippen molar-refractivity contribution >= 4 is 52.1 Å². The number of amides is 1. The first kappa shape index (κ1) is 22.4. The summed E-state index contributed by atoms with van der Waals surface area (Å²) in [5.41, 5.74) is 0.561. The summed E-state index contributed by atoms with van der Waals surface area (Å²) in [6, 6.07) is 9.49. The van der Waals surface area contributed by atoms with Gasteiger partial charge in [-0.15, -0.1) is 0 Å². The third-order valence-electron chi connectivity index (χ3n) is 3.82. The number of hydrogen-bond acceptors (Lipinski definition) is 6. The highest BCUT2D eigenvalue weighted by molar-refractivity contribution is 6.36. The van der Waals surface area contributed by atoms with Crippen LogP contribution < -0.4 is 16.0 Å². The molecular formula is C18H18Cl2N4O5. The molecular weight excluding hydrogens is 423 g/mol. The van der Waals surface area contributed by atoms with Crippen molar-refractivity contribution < 1.29 is 19.6 Å². The van der Waals surface area contributed by atoms with Crippen LogP contribution in [0, 0.1) is 10.1 Å². The van der Waals surface area contributed by atoms with E-state index in [2.05, 4.69) is 16.0 Å². The lowest BCUT2D eigenvalue weighted by atomic mass is 10.2. The van der Waals surface area contributed by atoms with Gasteiger partial charge in [-0.25, -0.2) is 0 Å².